The summed E-state index contributed by atoms with van der Waals surface area (Å²) in [5.41, 5.74) is 0.581. The van der Waals surface area contributed by atoms with E-state index in [1.54, 1.807) is 6.07 Å². The van der Waals surface area contributed by atoms with Crippen LogP contribution < -0.4 is 5.32 Å². The molecule has 0 aromatic heterocycles. The second kappa shape index (κ2) is 6.68. The minimum Gasteiger partial charge on any atom is -0.389 e. The van der Waals surface area contributed by atoms with Crippen LogP contribution >= 0.6 is 11.6 Å². The van der Waals surface area contributed by atoms with Gasteiger partial charge in [0.15, 0.2) is 0 Å². The second-order valence-corrected chi connectivity index (χ2v) is 3.73. The van der Waals surface area contributed by atoms with Gasteiger partial charge in [-0.1, -0.05) is 11.6 Å². The molecular weight excluding hydrogens is 233 g/mol. The Morgan fingerprint density at radius 3 is 2.94 bits per heavy atom. The van der Waals surface area contributed by atoms with Gasteiger partial charge in [-0.25, -0.2) is 4.39 Å². The lowest BCUT2D eigenvalue weighted by Crippen LogP contribution is -2.24. The molecule has 0 spiro atoms. The van der Waals surface area contributed by atoms with E-state index in [1.807, 2.05) is 6.92 Å². The molecule has 0 saturated carbocycles. The fourth-order valence-corrected chi connectivity index (χ4v) is 1.27. The van der Waals surface area contributed by atoms with E-state index in [2.05, 4.69) is 5.32 Å². The molecule has 0 radical (unpaired) electrons. The molecule has 0 amide bonds. The molecule has 0 heterocycles. The standard InChI is InChI=1S/C11H15ClFNO2/c1-2-16-7-9(15)6-14-8-3-4-10(12)11(13)5-8/h3-5,9,14-15H,2,6-7H2,1H3. The van der Waals surface area contributed by atoms with Gasteiger partial charge in [0.2, 0.25) is 0 Å². The first-order valence-corrected chi connectivity index (χ1v) is 5.46. The summed E-state index contributed by atoms with van der Waals surface area (Å²) in [5, 5.41) is 12.4. The first kappa shape index (κ1) is 13.2. The summed E-state index contributed by atoms with van der Waals surface area (Å²) in [6, 6.07) is 4.41. The molecule has 1 rings (SSSR count). The molecular formula is C11H15ClFNO2. The normalized spacial score (nSPS) is 12.5. The molecule has 16 heavy (non-hydrogen) atoms. The van der Waals surface area contributed by atoms with Gasteiger partial charge in [0.05, 0.1) is 17.7 Å². The number of hydrogen-bond donors (Lipinski definition) is 2. The van der Waals surface area contributed by atoms with Gasteiger partial charge < -0.3 is 15.2 Å². The molecule has 3 nitrogen and oxygen atoms in total. The van der Waals surface area contributed by atoms with Gasteiger partial charge in [-0.2, -0.15) is 0 Å². The van der Waals surface area contributed by atoms with Gasteiger partial charge >= 0.3 is 0 Å². The molecule has 1 atom stereocenters. The molecule has 0 aliphatic rings. The average Bonchev–Trinajstić information content (AvgIpc) is 2.28. The van der Waals surface area contributed by atoms with E-state index in [9.17, 15) is 9.50 Å². The Morgan fingerprint density at radius 2 is 2.31 bits per heavy atom. The number of aliphatic hydroxyl groups excluding tert-OH is 1. The van der Waals surface area contributed by atoms with E-state index in [-0.39, 0.29) is 11.6 Å². The molecule has 0 aliphatic heterocycles. The minimum atomic E-state index is -0.612. The molecule has 5 heteroatoms. The highest BCUT2D eigenvalue weighted by Crippen LogP contribution is 2.18. The summed E-state index contributed by atoms with van der Waals surface area (Å²) < 4.78 is 18.1. The maximum atomic E-state index is 13.0. The van der Waals surface area contributed by atoms with Crippen molar-refractivity contribution in [2.75, 3.05) is 25.1 Å². The van der Waals surface area contributed by atoms with Crippen LogP contribution in [0.15, 0.2) is 18.2 Å². The minimum absolute atomic E-state index is 0.0837. The van der Waals surface area contributed by atoms with Crippen LogP contribution in [-0.4, -0.2) is 31.0 Å². The molecule has 1 aromatic carbocycles. The van der Waals surface area contributed by atoms with Crippen molar-refractivity contribution >= 4 is 17.3 Å². The summed E-state index contributed by atoms with van der Waals surface area (Å²) in [6.07, 6.45) is -0.612. The number of aliphatic hydroxyl groups is 1. The highest BCUT2D eigenvalue weighted by molar-refractivity contribution is 6.30. The zero-order valence-electron chi connectivity index (χ0n) is 9.04. The van der Waals surface area contributed by atoms with Crippen LogP contribution in [-0.2, 0) is 4.74 Å². The van der Waals surface area contributed by atoms with Crippen LogP contribution in [0.2, 0.25) is 5.02 Å². The number of benzene rings is 1. The van der Waals surface area contributed by atoms with Gasteiger partial charge in [0, 0.05) is 18.8 Å². The topological polar surface area (TPSA) is 41.5 Å². The Bertz CT molecular complexity index is 336. The molecule has 0 bridgehead atoms. The molecule has 1 aromatic rings. The summed E-state index contributed by atoms with van der Waals surface area (Å²) in [6.45, 7) is 2.99. The van der Waals surface area contributed by atoms with E-state index in [1.165, 1.54) is 12.1 Å². The van der Waals surface area contributed by atoms with Crippen molar-refractivity contribution in [3.8, 4) is 0 Å². The Labute approximate surface area is 99.2 Å². The zero-order valence-corrected chi connectivity index (χ0v) is 9.80. The first-order valence-electron chi connectivity index (χ1n) is 5.08. The third kappa shape index (κ3) is 4.35. The number of rotatable bonds is 6. The second-order valence-electron chi connectivity index (χ2n) is 3.32. The van der Waals surface area contributed by atoms with Crippen LogP contribution in [0, 0.1) is 5.82 Å². The van der Waals surface area contributed by atoms with Gasteiger partial charge in [-0.05, 0) is 25.1 Å². The van der Waals surface area contributed by atoms with Crippen LogP contribution in [0.1, 0.15) is 6.92 Å². The number of anilines is 1. The summed E-state index contributed by atoms with van der Waals surface area (Å²) >= 11 is 5.54. The number of hydrogen-bond acceptors (Lipinski definition) is 3. The lowest BCUT2D eigenvalue weighted by Gasteiger charge is -2.12. The van der Waals surface area contributed by atoms with Gasteiger partial charge in [-0.15, -0.1) is 0 Å². The average molecular weight is 248 g/mol. The van der Waals surface area contributed by atoms with Crippen LogP contribution in [0.4, 0.5) is 10.1 Å². The van der Waals surface area contributed by atoms with Crippen molar-refractivity contribution in [1.29, 1.82) is 0 Å². The lowest BCUT2D eigenvalue weighted by atomic mass is 10.3. The molecule has 2 N–H and O–H groups in total. The maximum Gasteiger partial charge on any atom is 0.143 e. The van der Waals surface area contributed by atoms with Gasteiger partial charge in [0.25, 0.3) is 0 Å². The largest absolute Gasteiger partial charge is 0.389 e. The predicted molar refractivity (Wildman–Crippen MR) is 62.4 cm³/mol. The van der Waals surface area contributed by atoms with E-state index in [0.717, 1.165) is 0 Å². The summed E-state index contributed by atoms with van der Waals surface area (Å²) in [7, 11) is 0. The molecule has 0 aliphatic carbocycles. The Balaban J connectivity index is 2.39. The fraction of sp³-hybridized carbons (Fsp3) is 0.455. The monoisotopic (exact) mass is 247 g/mol. The van der Waals surface area contributed by atoms with E-state index in [0.29, 0.717) is 18.8 Å². The number of ether oxygens (including phenoxy) is 1. The predicted octanol–water partition coefficient (Wildman–Crippen LogP) is 2.29. The molecule has 0 saturated heterocycles. The first-order chi connectivity index (χ1) is 7.63. The highest BCUT2D eigenvalue weighted by atomic mass is 35.5. The Kier molecular flexibility index (Phi) is 5.52. The Hall–Kier alpha value is -0.840. The van der Waals surface area contributed by atoms with Gasteiger partial charge in [0.1, 0.15) is 5.82 Å². The quantitative estimate of drug-likeness (QED) is 0.811. The lowest BCUT2D eigenvalue weighted by molar-refractivity contribution is 0.0496. The summed E-state index contributed by atoms with van der Waals surface area (Å²) in [4.78, 5) is 0. The van der Waals surface area contributed by atoms with Crippen LogP contribution in [0.3, 0.4) is 0 Å². The fourth-order valence-electron chi connectivity index (χ4n) is 1.15. The van der Waals surface area contributed by atoms with Gasteiger partial charge in [-0.3, -0.25) is 0 Å². The van der Waals surface area contributed by atoms with Crippen molar-refractivity contribution in [3.05, 3.63) is 29.0 Å². The maximum absolute atomic E-state index is 13.0. The third-order valence-corrected chi connectivity index (χ3v) is 2.28. The molecule has 1 unspecified atom stereocenters. The summed E-state index contributed by atoms with van der Waals surface area (Å²) in [5.74, 6) is -0.481. The Morgan fingerprint density at radius 1 is 1.56 bits per heavy atom. The SMILES string of the molecule is CCOCC(O)CNc1ccc(Cl)c(F)c1. The van der Waals surface area contributed by atoms with Crippen LogP contribution in [0.25, 0.3) is 0 Å². The zero-order chi connectivity index (χ0) is 12.0. The van der Waals surface area contributed by atoms with Crippen molar-refractivity contribution in [1.82, 2.24) is 0 Å². The van der Waals surface area contributed by atoms with E-state index < -0.39 is 11.9 Å². The highest BCUT2D eigenvalue weighted by Gasteiger charge is 2.05. The van der Waals surface area contributed by atoms with Crippen molar-refractivity contribution < 1.29 is 14.2 Å². The van der Waals surface area contributed by atoms with E-state index >= 15 is 0 Å². The number of nitrogens with one attached hydrogen (secondary N) is 1. The smallest absolute Gasteiger partial charge is 0.143 e. The van der Waals surface area contributed by atoms with E-state index in [4.69, 9.17) is 16.3 Å². The van der Waals surface area contributed by atoms with Crippen LogP contribution in [0.5, 0.6) is 0 Å². The molecule has 90 valence electrons. The van der Waals surface area contributed by atoms with Crippen molar-refractivity contribution in [3.63, 3.8) is 0 Å². The number of halogens is 2. The van der Waals surface area contributed by atoms with Crippen molar-refractivity contribution in [2.24, 2.45) is 0 Å². The molecule has 0 fully saturated rings. The van der Waals surface area contributed by atoms with Crippen molar-refractivity contribution in [2.45, 2.75) is 13.0 Å². The third-order valence-electron chi connectivity index (χ3n) is 1.98.